The molecule has 0 spiro atoms. The number of aromatic nitrogens is 2. The number of hydrogen-bond donors (Lipinski definition) is 1. The van der Waals surface area contributed by atoms with Crippen molar-refractivity contribution in [3.63, 3.8) is 0 Å². The van der Waals surface area contributed by atoms with Crippen LogP contribution in [0.1, 0.15) is 62.0 Å². The zero-order valence-corrected chi connectivity index (χ0v) is 20.7. The second kappa shape index (κ2) is 10.1. The molecule has 1 aromatic carbocycles. The summed E-state index contributed by atoms with van der Waals surface area (Å²) in [5.41, 5.74) is 2.28. The van der Waals surface area contributed by atoms with Crippen LogP contribution in [0.3, 0.4) is 0 Å². The zero-order chi connectivity index (χ0) is 23.7. The minimum Gasteiger partial charge on any atom is -0.353 e. The summed E-state index contributed by atoms with van der Waals surface area (Å²) in [7, 11) is 0. The van der Waals surface area contributed by atoms with Crippen LogP contribution < -0.4 is 10.2 Å². The molecule has 9 heteroatoms. The summed E-state index contributed by atoms with van der Waals surface area (Å²) in [6, 6.07) is 5.64. The summed E-state index contributed by atoms with van der Waals surface area (Å²) in [6.45, 7) is 9.08. The molecule has 0 radical (unpaired) electrons. The van der Waals surface area contributed by atoms with Crippen molar-refractivity contribution in [2.75, 3.05) is 37.6 Å². The van der Waals surface area contributed by atoms with Crippen molar-refractivity contribution in [2.45, 2.75) is 51.2 Å². The van der Waals surface area contributed by atoms with Crippen LogP contribution in [0.4, 0.5) is 10.2 Å². The Labute approximate surface area is 204 Å². The fourth-order valence-electron chi connectivity index (χ4n) is 4.70. The van der Waals surface area contributed by atoms with Gasteiger partial charge in [0.1, 0.15) is 18.3 Å². The first-order valence-corrected chi connectivity index (χ1v) is 12.2. The molecule has 0 unspecified atom stereocenters. The topological polar surface area (TPSA) is 61.4 Å². The van der Waals surface area contributed by atoms with Crippen molar-refractivity contribution in [3.8, 4) is 0 Å². The average molecular weight is 494 g/mol. The number of nitrogens with zero attached hydrogens (tertiary/aromatic N) is 4. The van der Waals surface area contributed by atoms with Gasteiger partial charge in [0.25, 0.3) is 0 Å². The summed E-state index contributed by atoms with van der Waals surface area (Å²) in [5.74, 6) is 0.602. The molecule has 1 saturated heterocycles. The van der Waals surface area contributed by atoms with Crippen LogP contribution in [0.2, 0.25) is 10.0 Å². The molecule has 1 aliphatic heterocycles. The van der Waals surface area contributed by atoms with E-state index in [9.17, 15) is 9.18 Å². The van der Waals surface area contributed by atoms with Crippen molar-refractivity contribution in [1.29, 1.82) is 0 Å². The van der Waals surface area contributed by atoms with E-state index in [1.807, 2.05) is 17.9 Å². The van der Waals surface area contributed by atoms with Gasteiger partial charge in [0.15, 0.2) is 0 Å². The van der Waals surface area contributed by atoms with E-state index >= 15 is 0 Å². The van der Waals surface area contributed by atoms with Crippen LogP contribution in [0, 0.1) is 0 Å². The van der Waals surface area contributed by atoms with Crippen LogP contribution in [0.25, 0.3) is 0 Å². The maximum atomic E-state index is 14.3. The number of amides is 1. The third kappa shape index (κ3) is 5.10. The van der Waals surface area contributed by atoms with E-state index in [2.05, 4.69) is 34.0 Å². The molecule has 6 nitrogen and oxygen atoms in total. The molecule has 2 aromatic rings. The second-order valence-electron chi connectivity index (χ2n) is 9.20. The maximum absolute atomic E-state index is 14.3. The van der Waals surface area contributed by atoms with Gasteiger partial charge in [0, 0.05) is 44.3 Å². The first-order chi connectivity index (χ1) is 15.8. The lowest BCUT2D eigenvalue weighted by atomic mass is 9.96. The number of carbonyl (C=O) groups is 1. The molecule has 1 aromatic heterocycles. The fourth-order valence-corrected chi connectivity index (χ4v) is 5.01. The van der Waals surface area contributed by atoms with Gasteiger partial charge in [-0.25, -0.2) is 14.4 Å². The summed E-state index contributed by atoms with van der Waals surface area (Å²) in [4.78, 5) is 26.3. The standard InChI is InChI=1S/C24H30Cl2FN5O/c1-14(2)28-12-17(16-4-5-18(25)19(26)11-16)24(33)32-8-6-31(7-9-32)23-21-15(3)10-20(27)22(21)29-13-30-23/h4-5,11,13-15,17,20,28H,6-10,12H2,1-3H3/t15-,17-,20-/m1/s1. The van der Waals surface area contributed by atoms with Crippen LogP contribution in [-0.2, 0) is 4.79 Å². The Hall–Kier alpha value is -1.96. The number of hydrogen-bond acceptors (Lipinski definition) is 5. The summed E-state index contributed by atoms with van der Waals surface area (Å²) in [6.07, 6.45) is 0.877. The lowest BCUT2D eigenvalue weighted by Gasteiger charge is -2.38. The quantitative estimate of drug-likeness (QED) is 0.629. The number of piperazine rings is 1. The Morgan fingerprint density at radius 1 is 1.18 bits per heavy atom. The van der Waals surface area contributed by atoms with Crippen molar-refractivity contribution in [1.82, 2.24) is 20.2 Å². The molecule has 0 saturated carbocycles. The minimum absolute atomic E-state index is 0.0614. The van der Waals surface area contributed by atoms with Crippen molar-refractivity contribution >= 4 is 34.9 Å². The van der Waals surface area contributed by atoms with Gasteiger partial charge >= 0.3 is 0 Å². The van der Waals surface area contributed by atoms with Gasteiger partial charge in [-0.15, -0.1) is 0 Å². The van der Waals surface area contributed by atoms with Gasteiger partial charge in [-0.3, -0.25) is 4.79 Å². The lowest BCUT2D eigenvalue weighted by molar-refractivity contribution is -0.133. The highest BCUT2D eigenvalue weighted by atomic mass is 35.5. The van der Waals surface area contributed by atoms with Gasteiger partial charge < -0.3 is 15.1 Å². The van der Waals surface area contributed by atoms with Crippen LogP contribution >= 0.6 is 23.2 Å². The van der Waals surface area contributed by atoms with Gasteiger partial charge in [0.2, 0.25) is 5.91 Å². The van der Waals surface area contributed by atoms with Crippen LogP contribution in [-0.4, -0.2) is 59.5 Å². The molecule has 33 heavy (non-hydrogen) atoms. The van der Waals surface area contributed by atoms with Crippen LogP contribution in [0.5, 0.6) is 0 Å². The largest absolute Gasteiger partial charge is 0.353 e. The molecule has 1 N–H and O–H groups in total. The van der Waals surface area contributed by atoms with E-state index in [0.717, 1.165) is 16.9 Å². The molecule has 1 amide bonds. The lowest BCUT2D eigenvalue weighted by Crippen LogP contribution is -2.51. The predicted molar refractivity (Wildman–Crippen MR) is 130 cm³/mol. The van der Waals surface area contributed by atoms with E-state index in [4.69, 9.17) is 23.2 Å². The summed E-state index contributed by atoms with van der Waals surface area (Å²) < 4.78 is 14.3. The second-order valence-corrected chi connectivity index (χ2v) is 10.0. The number of halogens is 3. The van der Waals surface area contributed by atoms with E-state index in [1.165, 1.54) is 6.33 Å². The summed E-state index contributed by atoms with van der Waals surface area (Å²) >= 11 is 12.3. The van der Waals surface area contributed by atoms with Crippen LogP contribution in [0.15, 0.2) is 24.5 Å². The SMILES string of the molecule is CC(C)NC[C@@H](C(=O)N1CCN(c2ncnc3c2[C@H](C)C[C@H]3F)CC1)c1ccc(Cl)c(Cl)c1. The average Bonchev–Trinajstić information content (AvgIpc) is 3.09. The summed E-state index contributed by atoms with van der Waals surface area (Å²) in [5, 5.41) is 4.30. The van der Waals surface area contributed by atoms with Gasteiger partial charge in [-0.05, 0) is 30.0 Å². The molecule has 3 atom stereocenters. The monoisotopic (exact) mass is 493 g/mol. The smallest absolute Gasteiger partial charge is 0.231 e. The van der Waals surface area contributed by atoms with Crippen molar-refractivity contribution < 1.29 is 9.18 Å². The van der Waals surface area contributed by atoms with E-state index in [0.29, 0.717) is 54.9 Å². The maximum Gasteiger partial charge on any atom is 0.231 e. The highest BCUT2D eigenvalue weighted by Crippen LogP contribution is 2.44. The van der Waals surface area contributed by atoms with E-state index in [1.54, 1.807) is 12.1 Å². The Morgan fingerprint density at radius 3 is 2.58 bits per heavy atom. The highest BCUT2D eigenvalue weighted by Gasteiger charge is 2.35. The zero-order valence-electron chi connectivity index (χ0n) is 19.2. The number of benzene rings is 1. The van der Waals surface area contributed by atoms with Gasteiger partial charge in [0.05, 0.1) is 21.7 Å². The molecule has 4 rings (SSSR count). The molecular formula is C24H30Cl2FN5O. The number of alkyl halides is 1. The molecule has 1 fully saturated rings. The predicted octanol–water partition coefficient (Wildman–Crippen LogP) is 4.73. The van der Waals surface area contributed by atoms with Gasteiger partial charge in [-0.2, -0.15) is 0 Å². The van der Waals surface area contributed by atoms with E-state index in [-0.39, 0.29) is 23.8 Å². The molecule has 2 aliphatic rings. The fraction of sp³-hybridized carbons (Fsp3) is 0.542. The minimum atomic E-state index is -1.03. The normalized spacial score (nSPS) is 21.4. The first kappa shape index (κ1) is 24.2. The number of nitrogens with one attached hydrogen (secondary N) is 1. The van der Waals surface area contributed by atoms with E-state index < -0.39 is 6.17 Å². The number of carbonyl (C=O) groups excluding carboxylic acids is 1. The highest BCUT2D eigenvalue weighted by molar-refractivity contribution is 6.42. The number of anilines is 1. The number of fused-ring (bicyclic) bond motifs is 1. The van der Waals surface area contributed by atoms with Crippen molar-refractivity contribution in [2.24, 2.45) is 0 Å². The molecule has 0 bridgehead atoms. The molecule has 2 heterocycles. The number of rotatable bonds is 6. The third-order valence-electron chi connectivity index (χ3n) is 6.51. The Balaban J connectivity index is 1.49. The van der Waals surface area contributed by atoms with Crippen molar-refractivity contribution in [3.05, 3.63) is 51.4 Å². The molecular weight excluding hydrogens is 464 g/mol. The first-order valence-electron chi connectivity index (χ1n) is 11.5. The Bertz CT molecular complexity index is 1010. The Morgan fingerprint density at radius 2 is 1.91 bits per heavy atom. The third-order valence-corrected chi connectivity index (χ3v) is 7.25. The molecule has 1 aliphatic carbocycles. The van der Waals surface area contributed by atoms with Gasteiger partial charge in [-0.1, -0.05) is 50.0 Å². The Kier molecular flexibility index (Phi) is 7.41. The molecule has 178 valence electrons.